The molecule has 152 valence electrons. The Morgan fingerprint density at radius 2 is 1.93 bits per heavy atom. The standard InChI is InChI=1S/C21H20N6O2S/c1-13(14-4-7-16(8-5-14)27-12-22-11-23-27)25(2)19(28)15-6-9-17-18(10-15)24-21(30)26(3)20(17)29/h4-13H,1-3H3,(H,24,30). The van der Waals surface area contributed by atoms with Crippen LogP contribution in [0.2, 0.25) is 0 Å². The summed E-state index contributed by atoms with van der Waals surface area (Å²) in [6, 6.07) is 12.6. The number of rotatable bonds is 4. The topological polar surface area (TPSA) is 88.8 Å². The van der Waals surface area contributed by atoms with Gasteiger partial charge in [0.05, 0.1) is 22.6 Å². The van der Waals surface area contributed by atoms with Crippen LogP contribution in [0.25, 0.3) is 16.6 Å². The second kappa shape index (κ2) is 7.68. The lowest BCUT2D eigenvalue weighted by atomic mass is 10.1. The lowest BCUT2D eigenvalue weighted by Gasteiger charge is -2.25. The summed E-state index contributed by atoms with van der Waals surface area (Å²) in [6.45, 7) is 1.96. The molecule has 0 fully saturated rings. The third-order valence-corrected chi connectivity index (χ3v) is 5.68. The molecule has 4 rings (SSSR count). The smallest absolute Gasteiger partial charge is 0.261 e. The Morgan fingerprint density at radius 1 is 1.20 bits per heavy atom. The molecule has 0 saturated heterocycles. The van der Waals surface area contributed by atoms with Crippen LogP contribution < -0.4 is 5.56 Å². The Morgan fingerprint density at radius 3 is 2.60 bits per heavy atom. The minimum atomic E-state index is -0.193. The van der Waals surface area contributed by atoms with E-state index in [-0.39, 0.29) is 17.5 Å². The van der Waals surface area contributed by atoms with E-state index in [0.717, 1.165) is 11.3 Å². The second-order valence-electron chi connectivity index (χ2n) is 7.08. The molecule has 9 heteroatoms. The molecule has 2 heterocycles. The predicted molar refractivity (Wildman–Crippen MR) is 116 cm³/mol. The van der Waals surface area contributed by atoms with E-state index in [1.807, 2.05) is 31.2 Å². The largest absolute Gasteiger partial charge is 0.335 e. The molecular weight excluding hydrogens is 400 g/mol. The number of aromatic nitrogens is 5. The Kier molecular flexibility index (Phi) is 5.04. The minimum absolute atomic E-state index is 0.148. The zero-order chi connectivity index (χ0) is 21.4. The molecule has 1 atom stereocenters. The molecule has 4 aromatic rings. The van der Waals surface area contributed by atoms with E-state index in [1.54, 1.807) is 48.2 Å². The van der Waals surface area contributed by atoms with E-state index < -0.39 is 0 Å². The number of hydrogen-bond acceptors (Lipinski definition) is 5. The first kappa shape index (κ1) is 19.7. The maximum absolute atomic E-state index is 13.1. The number of benzene rings is 2. The van der Waals surface area contributed by atoms with Gasteiger partial charge >= 0.3 is 0 Å². The monoisotopic (exact) mass is 420 g/mol. The maximum Gasteiger partial charge on any atom is 0.261 e. The van der Waals surface area contributed by atoms with Crippen molar-refractivity contribution in [2.45, 2.75) is 13.0 Å². The average molecular weight is 420 g/mol. The molecule has 2 aromatic heterocycles. The number of fused-ring (bicyclic) bond motifs is 1. The predicted octanol–water partition coefficient (Wildman–Crippen LogP) is 3.01. The number of carbonyl (C=O) groups is 1. The summed E-state index contributed by atoms with van der Waals surface area (Å²) >= 11 is 5.18. The number of hydrogen-bond donors (Lipinski definition) is 1. The third-order valence-electron chi connectivity index (χ3n) is 5.31. The Labute approximate surface area is 177 Å². The van der Waals surface area contributed by atoms with Gasteiger partial charge in [-0.05, 0) is 55.0 Å². The summed E-state index contributed by atoms with van der Waals surface area (Å²) in [5.41, 5.74) is 2.72. The normalized spacial score (nSPS) is 12.1. The molecule has 0 spiro atoms. The minimum Gasteiger partial charge on any atom is -0.335 e. The lowest BCUT2D eigenvalue weighted by Crippen LogP contribution is -2.29. The molecule has 0 bridgehead atoms. The quantitative estimate of drug-likeness (QED) is 0.513. The fraction of sp³-hybridized carbons (Fsp3) is 0.190. The number of carbonyl (C=O) groups excluding carboxylic acids is 1. The van der Waals surface area contributed by atoms with Gasteiger partial charge in [0.25, 0.3) is 11.5 Å². The highest BCUT2D eigenvalue weighted by molar-refractivity contribution is 7.71. The zero-order valence-electron chi connectivity index (χ0n) is 16.7. The van der Waals surface area contributed by atoms with Crippen LogP contribution in [-0.2, 0) is 7.05 Å². The lowest BCUT2D eigenvalue weighted by molar-refractivity contribution is 0.0743. The SMILES string of the molecule is CC(c1ccc(-n2cncn2)cc1)N(C)C(=O)c1ccc2c(=O)n(C)c(=S)[nH]c2c1. The highest BCUT2D eigenvalue weighted by Crippen LogP contribution is 2.23. The molecule has 0 aliphatic heterocycles. The van der Waals surface area contributed by atoms with Crippen LogP contribution in [0.5, 0.6) is 0 Å². The zero-order valence-corrected chi connectivity index (χ0v) is 17.6. The van der Waals surface area contributed by atoms with Crippen LogP contribution in [0, 0.1) is 4.77 Å². The summed E-state index contributed by atoms with van der Waals surface area (Å²) in [6.07, 6.45) is 3.11. The van der Waals surface area contributed by atoms with Gasteiger partial charge in [0, 0.05) is 19.7 Å². The van der Waals surface area contributed by atoms with E-state index in [1.165, 1.54) is 10.9 Å². The molecule has 8 nitrogen and oxygen atoms in total. The van der Waals surface area contributed by atoms with Crippen molar-refractivity contribution in [1.82, 2.24) is 29.2 Å². The summed E-state index contributed by atoms with van der Waals surface area (Å²) in [4.78, 5) is 34.0. The summed E-state index contributed by atoms with van der Waals surface area (Å²) in [7, 11) is 3.37. The Hall–Kier alpha value is -3.59. The van der Waals surface area contributed by atoms with Gasteiger partial charge in [-0.25, -0.2) is 9.67 Å². The summed E-state index contributed by atoms with van der Waals surface area (Å²) in [5.74, 6) is -0.148. The molecular formula is C21H20N6O2S. The van der Waals surface area contributed by atoms with Gasteiger partial charge in [0.15, 0.2) is 4.77 Å². The highest BCUT2D eigenvalue weighted by Gasteiger charge is 2.20. The van der Waals surface area contributed by atoms with Crippen molar-refractivity contribution in [1.29, 1.82) is 0 Å². The molecule has 1 unspecified atom stereocenters. The van der Waals surface area contributed by atoms with Crippen LogP contribution in [0.15, 0.2) is 59.9 Å². The fourth-order valence-corrected chi connectivity index (χ4v) is 3.48. The van der Waals surface area contributed by atoms with Crippen LogP contribution in [0.1, 0.15) is 28.9 Å². The Balaban J connectivity index is 1.60. The van der Waals surface area contributed by atoms with Crippen LogP contribution in [-0.4, -0.2) is 42.2 Å². The third kappa shape index (κ3) is 3.43. The summed E-state index contributed by atoms with van der Waals surface area (Å²) < 4.78 is 3.36. The van der Waals surface area contributed by atoms with Crippen molar-refractivity contribution in [2.75, 3.05) is 7.05 Å². The van der Waals surface area contributed by atoms with Gasteiger partial charge in [0.1, 0.15) is 12.7 Å². The highest BCUT2D eigenvalue weighted by atomic mass is 32.1. The van der Waals surface area contributed by atoms with E-state index >= 15 is 0 Å². The van der Waals surface area contributed by atoms with Crippen LogP contribution >= 0.6 is 12.2 Å². The number of aromatic amines is 1. The number of nitrogens with zero attached hydrogens (tertiary/aromatic N) is 5. The first-order valence-corrected chi connectivity index (χ1v) is 9.73. The van der Waals surface area contributed by atoms with E-state index in [2.05, 4.69) is 15.1 Å². The van der Waals surface area contributed by atoms with Gasteiger partial charge in [-0.3, -0.25) is 14.2 Å². The molecule has 0 aliphatic carbocycles. The maximum atomic E-state index is 13.1. The molecule has 0 saturated carbocycles. The summed E-state index contributed by atoms with van der Waals surface area (Å²) in [5, 5.41) is 4.60. The van der Waals surface area contributed by atoms with Crippen LogP contribution in [0.3, 0.4) is 0 Å². The van der Waals surface area contributed by atoms with Crippen molar-refractivity contribution in [2.24, 2.45) is 7.05 Å². The van der Waals surface area contributed by atoms with Crippen molar-refractivity contribution < 1.29 is 4.79 Å². The molecule has 0 radical (unpaired) electrons. The van der Waals surface area contributed by atoms with Gasteiger partial charge in [-0.1, -0.05) is 12.1 Å². The van der Waals surface area contributed by atoms with Gasteiger partial charge in [-0.2, -0.15) is 5.10 Å². The van der Waals surface area contributed by atoms with E-state index in [0.29, 0.717) is 21.2 Å². The van der Waals surface area contributed by atoms with Crippen molar-refractivity contribution in [3.05, 3.63) is 81.4 Å². The molecule has 1 amide bonds. The first-order valence-electron chi connectivity index (χ1n) is 9.32. The van der Waals surface area contributed by atoms with Crippen molar-refractivity contribution in [3.63, 3.8) is 0 Å². The van der Waals surface area contributed by atoms with Gasteiger partial charge < -0.3 is 9.88 Å². The number of H-pyrrole nitrogens is 1. The van der Waals surface area contributed by atoms with E-state index in [9.17, 15) is 9.59 Å². The molecule has 0 aliphatic rings. The number of amides is 1. The Bertz CT molecular complexity index is 1340. The van der Waals surface area contributed by atoms with Crippen LogP contribution in [0.4, 0.5) is 0 Å². The fourth-order valence-electron chi connectivity index (χ4n) is 3.29. The van der Waals surface area contributed by atoms with Gasteiger partial charge in [0.2, 0.25) is 0 Å². The van der Waals surface area contributed by atoms with Gasteiger partial charge in [-0.15, -0.1) is 0 Å². The van der Waals surface area contributed by atoms with Crippen molar-refractivity contribution >= 4 is 29.0 Å². The average Bonchev–Trinajstić information content (AvgIpc) is 3.31. The number of nitrogens with one attached hydrogen (secondary N) is 1. The van der Waals surface area contributed by atoms with Crippen molar-refractivity contribution in [3.8, 4) is 5.69 Å². The first-order chi connectivity index (χ1) is 14.4. The molecule has 2 aromatic carbocycles. The van der Waals surface area contributed by atoms with E-state index in [4.69, 9.17) is 12.2 Å². The second-order valence-corrected chi connectivity index (χ2v) is 7.46. The molecule has 30 heavy (non-hydrogen) atoms. The molecule has 1 N–H and O–H groups in total.